The first kappa shape index (κ1) is 14.1. The zero-order chi connectivity index (χ0) is 14.8. The van der Waals surface area contributed by atoms with Gasteiger partial charge in [-0.3, -0.25) is 0 Å². The van der Waals surface area contributed by atoms with E-state index in [1.807, 2.05) is 36.4 Å². The Hall–Kier alpha value is -1.90. The summed E-state index contributed by atoms with van der Waals surface area (Å²) in [5, 5.41) is 3.15. The second-order valence-electron chi connectivity index (χ2n) is 4.55. The second kappa shape index (κ2) is 5.84. The molecule has 0 atom stereocenters. The minimum Gasteiger partial charge on any atom is -0.497 e. The second-order valence-corrected chi connectivity index (χ2v) is 5.40. The van der Waals surface area contributed by atoms with E-state index in [2.05, 4.69) is 0 Å². The molecule has 2 nitrogen and oxygen atoms in total. The van der Waals surface area contributed by atoms with Crippen LogP contribution < -0.4 is 9.47 Å². The standard InChI is InChI=1S/C17H12Cl2O2/c1-20-13-6-5-11-7-15(10-17(19)16(11)9-13)21-14-4-2-3-12(18)8-14/h2-10H,1H3. The van der Waals surface area contributed by atoms with Gasteiger partial charge in [-0.1, -0.05) is 35.3 Å². The molecule has 0 aliphatic rings. The summed E-state index contributed by atoms with van der Waals surface area (Å²) < 4.78 is 11.0. The van der Waals surface area contributed by atoms with Gasteiger partial charge in [-0.25, -0.2) is 0 Å². The summed E-state index contributed by atoms with van der Waals surface area (Å²) in [6.07, 6.45) is 0. The van der Waals surface area contributed by atoms with Crippen LogP contribution in [0.1, 0.15) is 0 Å². The SMILES string of the molecule is COc1ccc2cc(Oc3cccc(Cl)c3)cc(Cl)c2c1. The third-order valence-electron chi connectivity index (χ3n) is 3.12. The summed E-state index contributed by atoms with van der Waals surface area (Å²) in [5.41, 5.74) is 0. The average molecular weight is 319 g/mol. The van der Waals surface area contributed by atoms with Crippen molar-refractivity contribution in [1.82, 2.24) is 0 Å². The van der Waals surface area contributed by atoms with Crippen LogP contribution in [-0.2, 0) is 0 Å². The average Bonchev–Trinajstić information content (AvgIpc) is 2.47. The van der Waals surface area contributed by atoms with E-state index < -0.39 is 0 Å². The fourth-order valence-corrected chi connectivity index (χ4v) is 2.57. The van der Waals surface area contributed by atoms with Gasteiger partial charge in [0, 0.05) is 16.5 Å². The summed E-state index contributed by atoms with van der Waals surface area (Å²) in [6, 6.07) is 16.7. The van der Waals surface area contributed by atoms with E-state index in [1.54, 1.807) is 25.3 Å². The highest BCUT2D eigenvalue weighted by atomic mass is 35.5. The largest absolute Gasteiger partial charge is 0.497 e. The van der Waals surface area contributed by atoms with E-state index in [0.29, 0.717) is 21.5 Å². The summed E-state index contributed by atoms with van der Waals surface area (Å²) in [5.74, 6) is 2.11. The lowest BCUT2D eigenvalue weighted by Gasteiger charge is -2.09. The lowest BCUT2D eigenvalue weighted by molar-refractivity contribution is 0.415. The third kappa shape index (κ3) is 3.07. The van der Waals surface area contributed by atoms with Crippen molar-refractivity contribution in [3.8, 4) is 17.2 Å². The predicted molar refractivity (Wildman–Crippen MR) is 87.0 cm³/mol. The van der Waals surface area contributed by atoms with Crippen LogP contribution >= 0.6 is 23.2 Å². The Morgan fingerprint density at radius 3 is 2.43 bits per heavy atom. The zero-order valence-corrected chi connectivity index (χ0v) is 12.8. The van der Waals surface area contributed by atoms with E-state index in [0.717, 1.165) is 16.5 Å². The Morgan fingerprint density at radius 2 is 1.67 bits per heavy atom. The Labute approximate surface area is 132 Å². The van der Waals surface area contributed by atoms with Gasteiger partial charge in [0.2, 0.25) is 0 Å². The van der Waals surface area contributed by atoms with Gasteiger partial charge in [-0.2, -0.15) is 0 Å². The maximum atomic E-state index is 6.33. The van der Waals surface area contributed by atoms with Crippen LogP contribution in [0.4, 0.5) is 0 Å². The molecule has 3 aromatic carbocycles. The number of fused-ring (bicyclic) bond motifs is 1. The molecule has 106 valence electrons. The minimum atomic E-state index is 0.614. The van der Waals surface area contributed by atoms with Gasteiger partial charge in [-0.15, -0.1) is 0 Å². The molecule has 0 bridgehead atoms. The molecule has 0 saturated heterocycles. The number of halogens is 2. The van der Waals surface area contributed by atoms with Gasteiger partial charge < -0.3 is 9.47 Å². The number of rotatable bonds is 3. The molecule has 0 fully saturated rings. The van der Waals surface area contributed by atoms with Crippen molar-refractivity contribution in [3.63, 3.8) is 0 Å². The molecule has 0 radical (unpaired) electrons. The topological polar surface area (TPSA) is 18.5 Å². The van der Waals surface area contributed by atoms with Crippen molar-refractivity contribution >= 4 is 34.0 Å². The highest BCUT2D eigenvalue weighted by Gasteiger charge is 2.06. The van der Waals surface area contributed by atoms with Crippen molar-refractivity contribution in [2.45, 2.75) is 0 Å². The maximum absolute atomic E-state index is 6.33. The first-order valence-corrected chi connectivity index (χ1v) is 7.12. The minimum absolute atomic E-state index is 0.614. The molecule has 0 amide bonds. The van der Waals surface area contributed by atoms with E-state index in [1.165, 1.54) is 0 Å². The van der Waals surface area contributed by atoms with Crippen LogP contribution in [0.5, 0.6) is 17.2 Å². The van der Waals surface area contributed by atoms with Gasteiger partial charge in [0.25, 0.3) is 0 Å². The monoisotopic (exact) mass is 318 g/mol. The van der Waals surface area contributed by atoms with Crippen LogP contribution in [0, 0.1) is 0 Å². The summed E-state index contributed by atoms with van der Waals surface area (Å²) in [6.45, 7) is 0. The molecule has 21 heavy (non-hydrogen) atoms. The Morgan fingerprint density at radius 1 is 0.810 bits per heavy atom. The Bertz CT molecular complexity index is 800. The Kier molecular flexibility index (Phi) is 3.91. The molecule has 0 spiro atoms. The Balaban J connectivity index is 2.00. The molecule has 0 aliphatic carbocycles. The van der Waals surface area contributed by atoms with Crippen molar-refractivity contribution < 1.29 is 9.47 Å². The maximum Gasteiger partial charge on any atom is 0.129 e. The lowest BCUT2D eigenvalue weighted by Crippen LogP contribution is -1.87. The van der Waals surface area contributed by atoms with Crippen LogP contribution in [0.2, 0.25) is 10.0 Å². The van der Waals surface area contributed by atoms with Crippen LogP contribution in [0.25, 0.3) is 10.8 Å². The molecule has 0 N–H and O–H groups in total. The van der Waals surface area contributed by atoms with E-state index in [-0.39, 0.29) is 0 Å². The molecule has 0 saturated carbocycles. The molecule has 4 heteroatoms. The van der Waals surface area contributed by atoms with Gasteiger partial charge in [-0.05, 0) is 41.8 Å². The fourth-order valence-electron chi connectivity index (χ4n) is 2.12. The number of hydrogen-bond acceptors (Lipinski definition) is 2. The van der Waals surface area contributed by atoms with Gasteiger partial charge in [0.15, 0.2) is 0 Å². The van der Waals surface area contributed by atoms with Crippen LogP contribution in [-0.4, -0.2) is 7.11 Å². The van der Waals surface area contributed by atoms with Crippen molar-refractivity contribution in [2.75, 3.05) is 7.11 Å². The highest BCUT2D eigenvalue weighted by Crippen LogP contribution is 2.34. The van der Waals surface area contributed by atoms with Crippen LogP contribution in [0.15, 0.2) is 54.6 Å². The van der Waals surface area contributed by atoms with Crippen molar-refractivity contribution in [3.05, 3.63) is 64.6 Å². The molecule has 0 unspecified atom stereocenters. The number of hydrogen-bond donors (Lipinski definition) is 0. The van der Waals surface area contributed by atoms with E-state index in [9.17, 15) is 0 Å². The first-order valence-electron chi connectivity index (χ1n) is 6.36. The summed E-state index contributed by atoms with van der Waals surface area (Å²) >= 11 is 12.3. The van der Waals surface area contributed by atoms with Crippen molar-refractivity contribution in [2.24, 2.45) is 0 Å². The van der Waals surface area contributed by atoms with E-state index in [4.69, 9.17) is 32.7 Å². The molecule has 3 aromatic rings. The summed E-state index contributed by atoms with van der Waals surface area (Å²) in [7, 11) is 1.63. The van der Waals surface area contributed by atoms with Gasteiger partial charge in [0.1, 0.15) is 17.2 Å². The number of benzene rings is 3. The molecular formula is C17H12Cl2O2. The van der Waals surface area contributed by atoms with Crippen LogP contribution in [0.3, 0.4) is 0 Å². The van der Waals surface area contributed by atoms with Crippen molar-refractivity contribution in [1.29, 1.82) is 0 Å². The normalized spacial score (nSPS) is 10.6. The number of methoxy groups -OCH3 is 1. The van der Waals surface area contributed by atoms with E-state index >= 15 is 0 Å². The molecule has 3 rings (SSSR count). The third-order valence-corrected chi connectivity index (χ3v) is 3.66. The lowest BCUT2D eigenvalue weighted by atomic mass is 10.1. The molecule has 0 aromatic heterocycles. The predicted octanol–water partition coefficient (Wildman–Crippen LogP) is 5.95. The number of ether oxygens (including phenoxy) is 2. The quantitative estimate of drug-likeness (QED) is 0.594. The summed E-state index contributed by atoms with van der Waals surface area (Å²) in [4.78, 5) is 0. The zero-order valence-electron chi connectivity index (χ0n) is 11.3. The smallest absolute Gasteiger partial charge is 0.129 e. The molecular weight excluding hydrogens is 307 g/mol. The molecule has 0 heterocycles. The molecule has 0 aliphatic heterocycles. The van der Waals surface area contributed by atoms with Gasteiger partial charge in [0.05, 0.1) is 12.1 Å². The highest BCUT2D eigenvalue weighted by molar-refractivity contribution is 6.35. The van der Waals surface area contributed by atoms with Gasteiger partial charge >= 0.3 is 0 Å². The fraction of sp³-hybridized carbons (Fsp3) is 0.0588. The first-order chi connectivity index (χ1) is 10.2.